The summed E-state index contributed by atoms with van der Waals surface area (Å²) in [5, 5.41) is 0. The predicted molar refractivity (Wildman–Crippen MR) is 39.2 cm³/mol. The van der Waals surface area contributed by atoms with Crippen LogP contribution in [0.1, 0.15) is 20.8 Å². The van der Waals surface area contributed by atoms with Crippen LogP contribution in [0.4, 0.5) is 0 Å². The molecule has 0 aromatic carbocycles. The molecule has 0 saturated heterocycles. The zero-order valence-electron chi connectivity index (χ0n) is 5.66. The molecule has 0 amide bonds. The van der Waals surface area contributed by atoms with Crippen molar-refractivity contribution in [3.63, 3.8) is 0 Å². The largest absolute Gasteiger partial charge is 0.384 e. The second kappa shape index (κ2) is 2.21. The smallest absolute Gasteiger partial charge is 0.363 e. The number of rotatable bonds is 0. The zero-order valence-corrected chi connectivity index (χ0v) is 6.47. The van der Waals surface area contributed by atoms with Crippen LogP contribution >= 0.6 is 12.2 Å². The molecule has 1 aromatic heterocycles. The number of fused-ring (bicyclic) bond motifs is 1. The van der Waals surface area contributed by atoms with E-state index in [0.29, 0.717) is 0 Å². The van der Waals surface area contributed by atoms with Gasteiger partial charge >= 0.3 is 11.9 Å². The Balaban J connectivity index is 2.76. The molecule has 0 radical (unpaired) electrons. The van der Waals surface area contributed by atoms with Gasteiger partial charge in [0, 0.05) is 6.20 Å². The molecule has 0 atom stereocenters. The minimum Gasteiger partial charge on any atom is -0.384 e. The number of carbonyl (C=O) groups excluding carboxylic acids is 2. The van der Waals surface area contributed by atoms with Crippen molar-refractivity contribution in [3.8, 4) is 0 Å². The Morgan fingerprint density at radius 3 is 2.92 bits per heavy atom. The van der Waals surface area contributed by atoms with Crippen molar-refractivity contribution in [2.24, 2.45) is 0 Å². The van der Waals surface area contributed by atoms with Gasteiger partial charge in [0.25, 0.3) is 0 Å². The van der Waals surface area contributed by atoms with Gasteiger partial charge in [-0.3, -0.25) is 0 Å². The lowest BCUT2D eigenvalue weighted by Crippen LogP contribution is -1.98. The molecule has 1 aliphatic rings. The summed E-state index contributed by atoms with van der Waals surface area (Å²) in [5.41, 5.74) is 0.216. The minimum atomic E-state index is -0.705. The Morgan fingerprint density at radius 1 is 1.42 bits per heavy atom. The molecule has 0 saturated carbocycles. The van der Waals surface area contributed by atoms with Crippen molar-refractivity contribution < 1.29 is 14.3 Å². The molecule has 5 nitrogen and oxygen atoms in total. The fraction of sp³-hybridized carbons (Fsp3) is 0. The Labute approximate surface area is 71.4 Å². The molecule has 1 N–H and O–H groups in total. The average Bonchev–Trinajstić information content (AvgIpc) is 2.28. The number of nitrogens with zero attached hydrogens (tertiary/aromatic N) is 1. The number of hydrogen-bond donors (Lipinski definition) is 1. The second-order valence-corrected chi connectivity index (χ2v) is 2.54. The summed E-state index contributed by atoms with van der Waals surface area (Å²) in [6.07, 6.45) is 1.22. The number of ether oxygens (including phenoxy) is 1. The van der Waals surface area contributed by atoms with Gasteiger partial charge in [0.2, 0.25) is 0 Å². The fourth-order valence-corrected chi connectivity index (χ4v) is 1.05. The standard InChI is InChI=1S/C6H2N2O3S/c9-4-2-1-7-6(12)8-3(2)5(10)11-4/h1H,(H,7,8,12). The first-order valence-corrected chi connectivity index (χ1v) is 3.45. The minimum absolute atomic E-state index is 0.0833. The van der Waals surface area contributed by atoms with Crippen LogP contribution in [0.5, 0.6) is 0 Å². The first-order chi connectivity index (χ1) is 5.68. The number of nitrogens with one attached hydrogen (secondary N) is 1. The Morgan fingerprint density at radius 2 is 2.17 bits per heavy atom. The van der Waals surface area contributed by atoms with E-state index in [0.717, 1.165) is 0 Å². The lowest BCUT2D eigenvalue weighted by atomic mass is 10.3. The summed E-state index contributed by atoms with van der Waals surface area (Å²) in [4.78, 5) is 27.8. The van der Waals surface area contributed by atoms with E-state index >= 15 is 0 Å². The van der Waals surface area contributed by atoms with E-state index in [-0.39, 0.29) is 16.0 Å². The molecule has 0 spiro atoms. The quantitative estimate of drug-likeness (QED) is 0.358. The number of hydrogen-bond acceptors (Lipinski definition) is 5. The van der Waals surface area contributed by atoms with E-state index < -0.39 is 11.9 Å². The van der Waals surface area contributed by atoms with Crippen LogP contribution in [0.15, 0.2) is 6.20 Å². The van der Waals surface area contributed by atoms with Crippen LogP contribution in [-0.2, 0) is 4.74 Å². The number of H-pyrrole nitrogens is 1. The van der Waals surface area contributed by atoms with E-state index in [1.54, 1.807) is 0 Å². The van der Waals surface area contributed by atoms with E-state index in [2.05, 4.69) is 26.9 Å². The third-order valence-corrected chi connectivity index (χ3v) is 1.63. The summed E-state index contributed by atoms with van der Waals surface area (Å²) in [6, 6.07) is 0. The first-order valence-electron chi connectivity index (χ1n) is 3.04. The van der Waals surface area contributed by atoms with Crippen LogP contribution < -0.4 is 0 Å². The average molecular weight is 182 g/mol. The van der Waals surface area contributed by atoms with Crippen molar-refractivity contribution in [3.05, 3.63) is 22.2 Å². The molecule has 2 heterocycles. The molecular weight excluding hydrogens is 180 g/mol. The van der Waals surface area contributed by atoms with E-state index in [9.17, 15) is 9.59 Å². The zero-order chi connectivity index (χ0) is 8.72. The highest BCUT2D eigenvalue weighted by molar-refractivity contribution is 7.71. The van der Waals surface area contributed by atoms with Gasteiger partial charge in [-0.15, -0.1) is 0 Å². The third-order valence-electron chi connectivity index (χ3n) is 1.42. The fourth-order valence-electron chi connectivity index (χ4n) is 0.900. The Kier molecular flexibility index (Phi) is 1.31. The predicted octanol–water partition coefficient (Wildman–Crippen LogP) is 0.450. The monoisotopic (exact) mass is 182 g/mol. The highest BCUT2D eigenvalue weighted by Crippen LogP contribution is 2.15. The van der Waals surface area contributed by atoms with Crippen molar-refractivity contribution in [1.29, 1.82) is 0 Å². The first kappa shape index (κ1) is 7.11. The maximum Gasteiger partial charge on any atom is 0.363 e. The second-order valence-electron chi connectivity index (χ2n) is 2.15. The highest BCUT2D eigenvalue weighted by atomic mass is 32.1. The molecule has 2 rings (SSSR count). The number of cyclic esters (lactones) is 2. The van der Waals surface area contributed by atoms with Crippen molar-refractivity contribution >= 4 is 24.2 Å². The molecule has 12 heavy (non-hydrogen) atoms. The summed E-state index contributed by atoms with van der Waals surface area (Å²) in [6.45, 7) is 0. The van der Waals surface area contributed by atoms with Crippen LogP contribution in [0, 0.1) is 4.77 Å². The molecule has 1 aromatic rings. The Bertz CT molecular complexity index is 437. The summed E-state index contributed by atoms with van der Waals surface area (Å²) in [7, 11) is 0. The maximum atomic E-state index is 10.9. The molecule has 0 fully saturated rings. The van der Waals surface area contributed by atoms with Gasteiger partial charge in [-0.2, -0.15) is 0 Å². The lowest BCUT2D eigenvalue weighted by Gasteiger charge is -1.88. The van der Waals surface area contributed by atoms with Crippen LogP contribution in [-0.4, -0.2) is 21.9 Å². The van der Waals surface area contributed by atoms with Gasteiger partial charge in [0.1, 0.15) is 11.3 Å². The third kappa shape index (κ3) is 0.850. The van der Waals surface area contributed by atoms with E-state index in [4.69, 9.17) is 0 Å². The van der Waals surface area contributed by atoms with Gasteiger partial charge in [0.15, 0.2) is 4.77 Å². The topological polar surface area (TPSA) is 72.1 Å². The highest BCUT2D eigenvalue weighted by Gasteiger charge is 2.30. The summed E-state index contributed by atoms with van der Waals surface area (Å²) >= 11 is 4.66. The summed E-state index contributed by atoms with van der Waals surface area (Å²) in [5.74, 6) is -1.39. The molecule has 0 unspecified atom stereocenters. The molecule has 6 heteroatoms. The SMILES string of the molecule is O=C1OC(=O)c2[nH]c(=S)ncc21. The number of aromatic amines is 1. The van der Waals surface area contributed by atoms with Crippen molar-refractivity contribution in [1.82, 2.24) is 9.97 Å². The van der Waals surface area contributed by atoms with Crippen LogP contribution in [0.25, 0.3) is 0 Å². The van der Waals surface area contributed by atoms with Crippen molar-refractivity contribution in [2.75, 3.05) is 0 Å². The van der Waals surface area contributed by atoms with Gasteiger partial charge in [-0.25, -0.2) is 14.6 Å². The van der Waals surface area contributed by atoms with Crippen LogP contribution in [0.3, 0.4) is 0 Å². The van der Waals surface area contributed by atoms with Crippen molar-refractivity contribution in [2.45, 2.75) is 0 Å². The molecule has 1 aliphatic heterocycles. The molecule has 0 bridgehead atoms. The van der Waals surface area contributed by atoms with Gasteiger partial charge in [-0.05, 0) is 12.2 Å². The summed E-state index contributed by atoms with van der Waals surface area (Å²) < 4.78 is 4.44. The van der Waals surface area contributed by atoms with Crippen LogP contribution in [0.2, 0.25) is 0 Å². The number of esters is 2. The molecule has 60 valence electrons. The number of aromatic nitrogens is 2. The maximum absolute atomic E-state index is 10.9. The van der Waals surface area contributed by atoms with E-state index in [1.807, 2.05) is 0 Å². The molecular formula is C6H2N2O3S. The molecule has 0 aliphatic carbocycles. The van der Waals surface area contributed by atoms with Gasteiger partial charge in [0.05, 0.1) is 0 Å². The lowest BCUT2D eigenvalue weighted by molar-refractivity contribution is 0.0441. The van der Waals surface area contributed by atoms with E-state index in [1.165, 1.54) is 6.20 Å². The van der Waals surface area contributed by atoms with Gasteiger partial charge < -0.3 is 9.72 Å². The van der Waals surface area contributed by atoms with Gasteiger partial charge in [-0.1, -0.05) is 0 Å². The number of carbonyl (C=O) groups is 2. The normalized spacial score (nSPS) is 14.3. The Hall–Kier alpha value is -1.56.